The van der Waals surface area contributed by atoms with Gasteiger partial charge in [-0.2, -0.15) is 5.26 Å². The van der Waals surface area contributed by atoms with E-state index in [0.29, 0.717) is 53.2 Å². The average molecular weight is 561 g/mol. The number of benzene rings is 2. The Morgan fingerprint density at radius 2 is 2.00 bits per heavy atom. The van der Waals surface area contributed by atoms with E-state index in [1.807, 2.05) is 56.3 Å². The van der Waals surface area contributed by atoms with Gasteiger partial charge >= 0.3 is 0 Å². The van der Waals surface area contributed by atoms with Crippen LogP contribution in [0.1, 0.15) is 37.1 Å². The Morgan fingerprint density at radius 3 is 2.70 bits per heavy atom. The van der Waals surface area contributed by atoms with E-state index in [4.69, 9.17) is 21.1 Å². The largest absolute Gasteiger partial charge is 0.492 e. The topological polar surface area (TPSA) is 112 Å². The molecule has 0 aliphatic carbocycles. The summed E-state index contributed by atoms with van der Waals surface area (Å²) in [6, 6.07) is 16.5. The molecule has 3 aromatic rings. The summed E-state index contributed by atoms with van der Waals surface area (Å²) in [5.41, 5.74) is 3.49. The number of carbonyl (C=O) groups excluding carboxylic acids is 1. The van der Waals surface area contributed by atoms with Crippen LogP contribution in [0.15, 0.2) is 59.7 Å². The van der Waals surface area contributed by atoms with Crippen molar-refractivity contribution in [1.29, 1.82) is 5.26 Å². The zero-order valence-corrected chi connectivity index (χ0v) is 23.6. The van der Waals surface area contributed by atoms with Crippen LogP contribution in [0.3, 0.4) is 0 Å². The van der Waals surface area contributed by atoms with E-state index >= 15 is 0 Å². The Kier molecular flexibility index (Phi) is 9.95. The van der Waals surface area contributed by atoms with Crippen LogP contribution in [0.2, 0.25) is 5.02 Å². The highest BCUT2D eigenvalue weighted by Gasteiger charge is 2.29. The molecular formula is C30H33ClN6O3. The number of pyridine rings is 1. The standard InChI is InChI=1S/C30H33ClN6O3/c1-4-39-28-16-25-23(15-26(28)36-29(38)9-7-13-37(2)3)30(20(17-32)18-34-25)35-21-10-11-27(24(31)14-21)40-19-22-8-5-6-12-33-22/h5-6,8,10-12,14-16,18,20,30,35H,4,7,9,13,19H2,1-3H3,(H,36,38). The quantitative estimate of drug-likeness (QED) is 0.279. The molecule has 1 aliphatic rings. The summed E-state index contributed by atoms with van der Waals surface area (Å²) in [5.74, 6) is 0.413. The van der Waals surface area contributed by atoms with Crippen molar-refractivity contribution in [1.82, 2.24) is 9.88 Å². The Hall–Kier alpha value is -4.13. The number of ether oxygens (including phenoxy) is 2. The third kappa shape index (κ3) is 7.50. The minimum absolute atomic E-state index is 0.100. The molecule has 2 unspecified atom stereocenters. The lowest BCUT2D eigenvalue weighted by molar-refractivity contribution is -0.116. The van der Waals surface area contributed by atoms with E-state index in [9.17, 15) is 10.1 Å². The fourth-order valence-corrected chi connectivity index (χ4v) is 4.56. The summed E-state index contributed by atoms with van der Waals surface area (Å²) < 4.78 is 11.7. The highest BCUT2D eigenvalue weighted by atomic mass is 35.5. The van der Waals surface area contributed by atoms with Crippen molar-refractivity contribution in [3.8, 4) is 17.6 Å². The van der Waals surface area contributed by atoms with Crippen molar-refractivity contribution in [2.75, 3.05) is 37.9 Å². The normalized spacial score (nSPS) is 15.7. The van der Waals surface area contributed by atoms with Crippen LogP contribution >= 0.6 is 11.6 Å². The molecule has 40 heavy (non-hydrogen) atoms. The number of nitrogens with zero attached hydrogens (tertiary/aromatic N) is 4. The van der Waals surface area contributed by atoms with E-state index in [1.165, 1.54) is 0 Å². The predicted molar refractivity (Wildman–Crippen MR) is 158 cm³/mol. The molecule has 1 aliphatic heterocycles. The predicted octanol–water partition coefficient (Wildman–Crippen LogP) is 6.00. The molecule has 2 aromatic carbocycles. The Balaban J connectivity index is 1.55. The summed E-state index contributed by atoms with van der Waals surface area (Å²) in [6.45, 7) is 3.43. The third-order valence-electron chi connectivity index (χ3n) is 6.29. The van der Waals surface area contributed by atoms with Gasteiger partial charge in [0.25, 0.3) is 0 Å². The molecule has 0 bridgehead atoms. The number of rotatable bonds is 12. The summed E-state index contributed by atoms with van der Waals surface area (Å²) in [5, 5.41) is 16.8. The first kappa shape index (κ1) is 28.9. The zero-order chi connectivity index (χ0) is 28.5. The highest BCUT2D eigenvalue weighted by molar-refractivity contribution is 6.32. The highest BCUT2D eigenvalue weighted by Crippen LogP contribution is 2.43. The molecule has 2 atom stereocenters. The summed E-state index contributed by atoms with van der Waals surface area (Å²) in [7, 11) is 3.95. The van der Waals surface area contributed by atoms with Gasteiger partial charge in [-0.05, 0) is 70.4 Å². The van der Waals surface area contributed by atoms with Crippen molar-refractivity contribution in [2.45, 2.75) is 32.4 Å². The van der Waals surface area contributed by atoms with Crippen molar-refractivity contribution in [3.63, 3.8) is 0 Å². The van der Waals surface area contributed by atoms with Crippen LogP contribution in [0, 0.1) is 17.2 Å². The van der Waals surface area contributed by atoms with Crippen LogP contribution in [-0.2, 0) is 11.4 Å². The van der Waals surface area contributed by atoms with Gasteiger partial charge in [0.1, 0.15) is 24.0 Å². The number of aromatic nitrogens is 1. The maximum absolute atomic E-state index is 12.7. The Morgan fingerprint density at radius 1 is 1.15 bits per heavy atom. The van der Waals surface area contributed by atoms with Crippen LogP contribution in [0.4, 0.5) is 17.1 Å². The van der Waals surface area contributed by atoms with Gasteiger partial charge in [-0.25, -0.2) is 0 Å². The van der Waals surface area contributed by atoms with Gasteiger partial charge in [-0.15, -0.1) is 0 Å². The van der Waals surface area contributed by atoms with Crippen LogP contribution < -0.4 is 20.1 Å². The SMILES string of the molecule is CCOc1cc2c(cc1NC(=O)CCCN(C)C)C(Nc1ccc(OCc3ccccn3)c(Cl)c1)C(C#N)C=N2. The molecular weight excluding hydrogens is 528 g/mol. The van der Waals surface area contributed by atoms with E-state index in [-0.39, 0.29) is 5.91 Å². The second-order valence-electron chi connectivity index (χ2n) is 9.61. The number of nitrogens with one attached hydrogen (secondary N) is 2. The molecule has 2 heterocycles. The molecule has 0 saturated carbocycles. The van der Waals surface area contributed by atoms with Crippen molar-refractivity contribution in [2.24, 2.45) is 10.9 Å². The van der Waals surface area contributed by atoms with Gasteiger partial charge in [0.05, 0.1) is 40.8 Å². The zero-order valence-electron chi connectivity index (χ0n) is 22.9. The smallest absolute Gasteiger partial charge is 0.224 e. The van der Waals surface area contributed by atoms with Gasteiger partial charge in [0, 0.05) is 36.1 Å². The van der Waals surface area contributed by atoms with E-state index in [1.54, 1.807) is 30.6 Å². The van der Waals surface area contributed by atoms with Gasteiger partial charge in [0.15, 0.2) is 0 Å². The van der Waals surface area contributed by atoms with Gasteiger partial charge < -0.3 is 25.0 Å². The number of carbonyl (C=O) groups is 1. The number of aliphatic imine (C=N–C) groups is 1. The monoisotopic (exact) mass is 560 g/mol. The summed E-state index contributed by atoms with van der Waals surface area (Å²) >= 11 is 6.54. The number of hydrogen-bond donors (Lipinski definition) is 2. The van der Waals surface area contributed by atoms with E-state index in [0.717, 1.165) is 24.2 Å². The molecule has 0 fully saturated rings. The van der Waals surface area contributed by atoms with E-state index < -0.39 is 12.0 Å². The fraction of sp³-hybridized carbons (Fsp3) is 0.333. The van der Waals surface area contributed by atoms with Crippen molar-refractivity contribution >= 4 is 40.8 Å². The fourth-order valence-electron chi connectivity index (χ4n) is 4.33. The first-order valence-corrected chi connectivity index (χ1v) is 13.5. The minimum Gasteiger partial charge on any atom is -0.492 e. The van der Waals surface area contributed by atoms with Crippen LogP contribution in [0.25, 0.3) is 0 Å². The summed E-state index contributed by atoms with van der Waals surface area (Å²) in [4.78, 5) is 23.5. The van der Waals surface area contributed by atoms with Gasteiger partial charge in [0.2, 0.25) is 5.91 Å². The molecule has 1 amide bonds. The molecule has 0 spiro atoms. The minimum atomic E-state index is -0.548. The second-order valence-corrected chi connectivity index (χ2v) is 10.0. The lowest BCUT2D eigenvalue weighted by Crippen LogP contribution is -2.24. The maximum atomic E-state index is 12.7. The van der Waals surface area contributed by atoms with Crippen molar-refractivity contribution < 1.29 is 14.3 Å². The first-order chi connectivity index (χ1) is 19.4. The number of amides is 1. The van der Waals surface area contributed by atoms with Gasteiger partial charge in [-0.3, -0.25) is 14.8 Å². The number of anilines is 2. The average Bonchev–Trinajstić information content (AvgIpc) is 2.94. The third-order valence-corrected chi connectivity index (χ3v) is 6.58. The maximum Gasteiger partial charge on any atom is 0.224 e. The molecule has 208 valence electrons. The molecule has 2 N–H and O–H groups in total. The molecule has 10 heteroatoms. The van der Waals surface area contributed by atoms with Gasteiger partial charge in [-0.1, -0.05) is 17.7 Å². The lowest BCUT2D eigenvalue weighted by Gasteiger charge is -2.28. The number of fused-ring (bicyclic) bond motifs is 1. The molecule has 0 radical (unpaired) electrons. The van der Waals surface area contributed by atoms with Crippen molar-refractivity contribution in [3.05, 3.63) is 71.0 Å². The second kappa shape index (κ2) is 13.8. The Bertz CT molecular complexity index is 1390. The number of hydrogen-bond acceptors (Lipinski definition) is 8. The molecule has 4 rings (SSSR count). The molecule has 0 saturated heterocycles. The lowest BCUT2D eigenvalue weighted by atomic mass is 9.90. The van der Waals surface area contributed by atoms with E-state index in [2.05, 4.69) is 26.7 Å². The van der Waals surface area contributed by atoms with Crippen LogP contribution in [-0.4, -0.2) is 49.3 Å². The summed E-state index contributed by atoms with van der Waals surface area (Å²) in [6.07, 6.45) is 4.46. The molecule has 1 aromatic heterocycles. The first-order valence-electron chi connectivity index (χ1n) is 13.2. The number of halogens is 1. The molecule has 9 nitrogen and oxygen atoms in total. The Labute approximate surface area is 239 Å². The van der Waals surface area contributed by atoms with Crippen LogP contribution in [0.5, 0.6) is 11.5 Å². The number of nitriles is 1.